The second kappa shape index (κ2) is 4.94. The summed E-state index contributed by atoms with van der Waals surface area (Å²) in [5.74, 6) is 0.260. The maximum absolute atomic E-state index is 12.1. The SMILES string of the molecule is CC(C)N1CCN(C(=O)CC2(N)CCC2)CC1. The molecule has 1 aliphatic carbocycles. The summed E-state index contributed by atoms with van der Waals surface area (Å²) in [5.41, 5.74) is 5.95. The first-order valence-electron chi connectivity index (χ1n) is 6.81. The lowest BCUT2D eigenvalue weighted by molar-refractivity contribution is -0.135. The Hall–Kier alpha value is -0.610. The molecule has 0 aromatic heterocycles. The Morgan fingerprint density at radius 1 is 1.24 bits per heavy atom. The van der Waals surface area contributed by atoms with Gasteiger partial charge in [0.15, 0.2) is 0 Å². The topological polar surface area (TPSA) is 49.6 Å². The number of piperazine rings is 1. The zero-order valence-corrected chi connectivity index (χ0v) is 11.1. The van der Waals surface area contributed by atoms with Crippen molar-refractivity contribution in [3.8, 4) is 0 Å². The van der Waals surface area contributed by atoms with E-state index in [4.69, 9.17) is 5.73 Å². The minimum Gasteiger partial charge on any atom is -0.340 e. The molecule has 0 bridgehead atoms. The number of rotatable bonds is 3. The van der Waals surface area contributed by atoms with Crippen LogP contribution in [0.1, 0.15) is 39.5 Å². The van der Waals surface area contributed by atoms with Crippen LogP contribution in [0.25, 0.3) is 0 Å². The Balaban J connectivity index is 1.78. The molecule has 2 fully saturated rings. The van der Waals surface area contributed by atoms with Crippen molar-refractivity contribution in [2.45, 2.75) is 51.1 Å². The molecule has 0 aromatic carbocycles. The van der Waals surface area contributed by atoms with Gasteiger partial charge in [-0.1, -0.05) is 0 Å². The maximum Gasteiger partial charge on any atom is 0.224 e. The van der Waals surface area contributed by atoms with Gasteiger partial charge < -0.3 is 10.6 Å². The van der Waals surface area contributed by atoms with E-state index in [1.165, 1.54) is 6.42 Å². The number of carbonyl (C=O) groups is 1. The minimum absolute atomic E-state index is 0.174. The fourth-order valence-corrected chi connectivity index (χ4v) is 2.71. The second-order valence-corrected chi connectivity index (χ2v) is 5.90. The molecule has 0 aromatic rings. The molecule has 2 rings (SSSR count). The van der Waals surface area contributed by atoms with E-state index in [2.05, 4.69) is 18.7 Å². The van der Waals surface area contributed by atoms with E-state index in [1.807, 2.05) is 4.90 Å². The van der Waals surface area contributed by atoms with Crippen molar-refractivity contribution in [2.24, 2.45) is 5.73 Å². The predicted molar refractivity (Wildman–Crippen MR) is 68.7 cm³/mol. The monoisotopic (exact) mass is 239 g/mol. The van der Waals surface area contributed by atoms with Crippen molar-refractivity contribution in [1.29, 1.82) is 0 Å². The van der Waals surface area contributed by atoms with Gasteiger partial charge in [0.1, 0.15) is 0 Å². The number of hydrogen-bond donors (Lipinski definition) is 1. The summed E-state index contributed by atoms with van der Waals surface area (Å²) < 4.78 is 0. The van der Waals surface area contributed by atoms with Crippen LogP contribution in [0.5, 0.6) is 0 Å². The summed E-state index contributed by atoms with van der Waals surface area (Å²) in [6.07, 6.45) is 3.77. The van der Waals surface area contributed by atoms with Crippen LogP contribution in [0.2, 0.25) is 0 Å². The molecule has 0 radical (unpaired) electrons. The maximum atomic E-state index is 12.1. The van der Waals surface area contributed by atoms with Crippen LogP contribution in [-0.4, -0.2) is 53.5 Å². The Bertz CT molecular complexity index is 278. The number of nitrogens with zero attached hydrogens (tertiary/aromatic N) is 2. The molecule has 4 heteroatoms. The van der Waals surface area contributed by atoms with Crippen molar-refractivity contribution in [2.75, 3.05) is 26.2 Å². The standard InChI is InChI=1S/C13H25N3O/c1-11(2)15-6-8-16(9-7-15)12(17)10-13(14)4-3-5-13/h11H,3-10,14H2,1-2H3. The van der Waals surface area contributed by atoms with E-state index in [1.54, 1.807) is 0 Å². The quantitative estimate of drug-likeness (QED) is 0.793. The Morgan fingerprint density at radius 3 is 2.24 bits per heavy atom. The third-order valence-electron chi connectivity index (χ3n) is 4.25. The molecule has 1 aliphatic heterocycles. The zero-order chi connectivity index (χ0) is 12.5. The van der Waals surface area contributed by atoms with E-state index in [9.17, 15) is 4.79 Å². The van der Waals surface area contributed by atoms with Gasteiger partial charge in [0.25, 0.3) is 0 Å². The van der Waals surface area contributed by atoms with E-state index in [0.717, 1.165) is 39.0 Å². The minimum atomic E-state index is -0.174. The molecule has 1 saturated carbocycles. The summed E-state index contributed by atoms with van der Waals surface area (Å²) in [6.45, 7) is 8.16. The van der Waals surface area contributed by atoms with Gasteiger partial charge in [-0.2, -0.15) is 0 Å². The van der Waals surface area contributed by atoms with Crippen LogP contribution in [-0.2, 0) is 4.79 Å². The molecule has 0 spiro atoms. The molecular weight excluding hydrogens is 214 g/mol. The Labute approximate surface area is 104 Å². The van der Waals surface area contributed by atoms with Crippen molar-refractivity contribution in [1.82, 2.24) is 9.80 Å². The van der Waals surface area contributed by atoms with Crippen molar-refractivity contribution >= 4 is 5.91 Å². The lowest BCUT2D eigenvalue weighted by atomic mass is 9.75. The zero-order valence-electron chi connectivity index (χ0n) is 11.1. The van der Waals surface area contributed by atoms with Gasteiger partial charge in [0.2, 0.25) is 5.91 Å². The van der Waals surface area contributed by atoms with Gasteiger partial charge in [0.05, 0.1) is 0 Å². The Kier molecular flexibility index (Phi) is 3.73. The molecule has 2 N–H and O–H groups in total. The molecule has 17 heavy (non-hydrogen) atoms. The van der Waals surface area contributed by atoms with Crippen LogP contribution in [0.15, 0.2) is 0 Å². The average Bonchev–Trinajstić information content (AvgIpc) is 2.27. The first kappa shape index (κ1) is 12.8. The first-order chi connectivity index (χ1) is 8.00. The summed E-state index contributed by atoms with van der Waals surface area (Å²) >= 11 is 0. The predicted octanol–water partition coefficient (Wildman–Crippen LogP) is 0.811. The molecule has 2 aliphatic rings. The number of carbonyl (C=O) groups excluding carboxylic acids is 1. The summed E-state index contributed by atoms with van der Waals surface area (Å²) in [7, 11) is 0. The van der Waals surface area contributed by atoms with E-state index in [0.29, 0.717) is 12.5 Å². The normalized spacial score (nSPS) is 24.8. The highest BCUT2D eigenvalue weighted by molar-refractivity contribution is 5.77. The molecule has 4 nitrogen and oxygen atoms in total. The highest BCUT2D eigenvalue weighted by Gasteiger charge is 2.36. The van der Waals surface area contributed by atoms with Gasteiger partial charge in [-0.3, -0.25) is 9.69 Å². The van der Waals surface area contributed by atoms with Gasteiger partial charge in [-0.15, -0.1) is 0 Å². The third-order valence-corrected chi connectivity index (χ3v) is 4.25. The number of nitrogens with two attached hydrogens (primary N) is 1. The van der Waals surface area contributed by atoms with Gasteiger partial charge in [-0.25, -0.2) is 0 Å². The summed E-state index contributed by atoms with van der Waals surface area (Å²) in [4.78, 5) is 16.5. The van der Waals surface area contributed by atoms with Crippen LogP contribution < -0.4 is 5.73 Å². The first-order valence-corrected chi connectivity index (χ1v) is 6.81. The van der Waals surface area contributed by atoms with Crippen LogP contribution in [0, 0.1) is 0 Å². The fourth-order valence-electron chi connectivity index (χ4n) is 2.71. The number of hydrogen-bond acceptors (Lipinski definition) is 3. The third kappa shape index (κ3) is 2.99. The lowest BCUT2D eigenvalue weighted by Gasteiger charge is -2.41. The van der Waals surface area contributed by atoms with Gasteiger partial charge >= 0.3 is 0 Å². The van der Waals surface area contributed by atoms with E-state index in [-0.39, 0.29) is 11.4 Å². The summed E-state index contributed by atoms with van der Waals surface area (Å²) in [6, 6.07) is 0.583. The smallest absolute Gasteiger partial charge is 0.224 e. The molecule has 0 atom stereocenters. The molecular formula is C13H25N3O. The molecule has 1 heterocycles. The van der Waals surface area contributed by atoms with Crippen molar-refractivity contribution < 1.29 is 4.79 Å². The average molecular weight is 239 g/mol. The highest BCUT2D eigenvalue weighted by atomic mass is 16.2. The largest absolute Gasteiger partial charge is 0.340 e. The molecule has 1 amide bonds. The highest BCUT2D eigenvalue weighted by Crippen LogP contribution is 2.32. The number of amides is 1. The fraction of sp³-hybridized carbons (Fsp3) is 0.923. The van der Waals surface area contributed by atoms with Crippen LogP contribution in [0.3, 0.4) is 0 Å². The van der Waals surface area contributed by atoms with Gasteiger partial charge in [-0.05, 0) is 33.1 Å². The van der Waals surface area contributed by atoms with Crippen molar-refractivity contribution in [3.63, 3.8) is 0 Å². The van der Waals surface area contributed by atoms with Crippen LogP contribution >= 0.6 is 0 Å². The van der Waals surface area contributed by atoms with Gasteiger partial charge in [0, 0.05) is 44.2 Å². The molecule has 0 unspecified atom stereocenters. The lowest BCUT2D eigenvalue weighted by Crippen LogP contribution is -2.54. The second-order valence-electron chi connectivity index (χ2n) is 5.90. The molecule has 1 saturated heterocycles. The Morgan fingerprint density at radius 2 is 1.82 bits per heavy atom. The van der Waals surface area contributed by atoms with E-state index < -0.39 is 0 Å². The van der Waals surface area contributed by atoms with Crippen LogP contribution in [0.4, 0.5) is 0 Å². The molecule has 98 valence electrons. The van der Waals surface area contributed by atoms with E-state index >= 15 is 0 Å². The van der Waals surface area contributed by atoms with Crippen molar-refractivity contribution in [3.05, 3.63) is 0 Å². The summed E-state index contributed by atoms with van der Waals surface area (Å²) in [5, 5.41) is 0.